The zero-order chi connectivity index (χ0) is 13.7. The summed E-state index contributed by atoms with van der Waals surface area (Å²) in [5.74, 6) is 0. The molecular formula is C15H26BrN3. The fraction of sp³-hybridized carbons (Fsp3) is 0.800. The minimum Gasteiger partial charge on any atom is -0.294 e. The Bertz CT molecular complexity index is 389. The first-order chi connectivity index (χ1) is 9.28. The van der Waals surface area contributed by atoms with Crippen LogP contribution in [0.15, 0.2) is 6.07 Å². The van der Waals surface area contributed by atoms with Crippen LogP contribution in [0, 0.1) is 0 Å². The number of alkyl halides is 1. The van der Waals surface area contributed by atoms with Gasteiger partial charge in [0.1, 0.15) is 0 Å². The molecule has 2 heterocycles. The van der Waals surface area contributed by atoms with Crippen molar-refractivity contribution in [1.29, 1.82) is 0 Å². The van der Waals surface area contributed by atoms with Crippen molar-refractivity contribution in [3.05, 3.63) is 17.5 Å². The van der Waals surface area contributed by atoms with Crippen LogP contribution in [0.4, 0.5) is 0 Å². The molecule has 0 bridgehead atoms. The first-order valence-corrected chi connectivity index (χ1v) is 8.76. The molecule has 1 atom stereocenters. The van der Waals surface area contributed by atoms with Crippen LogP contribution in [0.3, 0.4) is 0 Å². The SMILES string of the molecule is CCc1cc(CN2CCCCCC2CBr)n(CC)n1. The summed E-state index contributed by atoms with van der Waals surface area (Å²) in [7, 11) is 0. The Labute approximate surface area is 125 Å². The molecule has 1 aliphatic heterocycles. The molecule has 0 amide bonds. The van der Waals surface area contributed by atoms with Gasteiger partial charge in [0.15, 0.2) is 0 Å². The topological polar surface area (TPSA) is 21.1 Å². The van der Waals surface area contributed by atoms with E-state index in [0.717, 1.165) is 24.8 Å². The number of rotatable bonds is 5. The van der Waals surface area contributed by atoms with Crippen LogP contribution >= 0.6 is 15.9 Å². The van der Waals surface area contributed by atoms with Gasteiger partial charge in [-0.3, -0.25) is 9.58 Å². The van der Waals surface area contributed by atoms with E-state index in [1.165, 1.54) is 43.6 Å². The lowest BCUT2D eigenvalue weighted by atomic mass is 10.1. The predicted molar refractivity (Wildman–Crippen MR) is 83.7 cm³/mol. The van der Waals surface area contributed by atoms with Crippen molar-refractivity contribution >= 4 is 15.9 Å². The number of aromatic nitrogens is 2. The molecule has 1 aromatic heterocycles. The minimum absolute atomic E-state index is 0.688. The summed E-state index contributed by atoms with van der Waals surface area (Å²) in [5, 5.41) is 5.76. The Hall–Kier alpha value is -0.350. The minimum atomic E-state index is 0.688. The van der Waals surface area contributed by atoms with E-state index in [0.29, 0.717) is 6.04 Å². The third-order valence-electron chi connectivity index (χ3n) is 4.12. The van der Waals surface area contributed by atoms with E-state index in [2.05, 4.69) is 50.5 Å². The second kappa shape index (κ2) is 7.44. The van der Waals surface area contributed by atoms with Crippen LogP contribution in [-0.4, -0.2) is 32.6 Å². The second-order valence-corrected chi connectivity index (χ2v) is 6.07. The largest absolute Gasteiger partial charge is 0.294 e. The Kier molecular flexibility index (Phi) is 5.89. The lowest BCUT2D eigenvalue weighted by Crippen LogP contribution is -2.36. The highest BCUT2D eigenvalue weighted by molar-refractivity contribution is 9.09. The maximum atomic E-state index is 4.67. The molecule has 3 nitrogen and oxygen atoms in total. The molecule has 4 heteroatoms. The van der Waals surface area contributed by atoms with Crippen LogP contribution in [0.2, 0.25) is 0 Å². The van der Waals surface area contributed by atoms with Crippen molar-refractivity contribution in [3.8, 4) is 0 Å². The fourth-order valence-corrected chi connectivity index (χ4v) is 3.65. The second-order valence-electron chi connectivity index (χ2n) is 5.42. The Morgan fingerprint density at radius 2 is 2.16 bits per heavy atom. The number of hydrogen-bond donors (Lipinski definition) is 0. The first kappa shape index (κ1) is 15.0. The molecule has 1 fully saturated rings. The van der Waals surface area contributed by atoms with E-state index in [1.807, 2.05) is 0 Å². The zero-order valence-electron chi connectivity index (χ0n) is 12.2. The lowest BCUT2D eigenvalue weighted by Gasteiger charge is -2.28. The van der Waals surface area contributed by atoms with Crippen LogP contribution < -0.4 is 0 Å². The molecule has 0 radical (unpaired) electrons. The van der Waals surface area contributed by atoms with Crippen molar-refractivity contribution in [2.75, 3.05) is 11.9 Å². The van der Waals surface area contributed by atoms with Gasteiger partial charge in [-0.15, -0.1) is 0 Å². The van der Waals surface area contributed by atoms with Gasteiger partial charge in [-0.05, 0) is 38.8 Å². The summed E-state index contributed by atoms with van der Waals surface area (Å²) in [6.07, 6.45) is 6.45. The lowest BCUT2D eigenvalue weighted by molar-refractivity contribution is 0.203. The molecule has 0 aliphatic carbocycles. The fourth-order valence-electron chi connectivity index (χ4n) is 2.92. The number of aryl methyl sites for hydroxylation is 2. The van der Waals surface area contributed by atoms with E-state index >= 15 is 0 Å². The third-order valence-corrected chi connectivity index (χ3v) is 4.87. The van der Waals surface area contributed by atoms with Gasteiger partial charge in [-0.25, -0.2) is 0 Å². The van der Waals surface area contributed by atoms with Gasteiger partial charge in [0, 0.05) is 24.5 Å². The molecule has 1 unspecified atom stereocenters. The van der Waals surface area contributed by atoms with E-state index in [1.54, 1.807) is 0 Å². The molecule has 1 aliphatic rings. The molecule has 108 valence electrons. The number of nitrogens with zero attached hydrogens (tertiary/aromatic N) is 3. The Balaban J connectivity index is 2.11. The summed E-state index contributed by atoms with van der Waals surface area (Å²) in [5.41, 5.74) is 2.61. The van der Waals surface area contributed by atoms with Crippen molar-refractivity contribution in [2.24, 2.45) is 0 Å². The van der Waals surface area contributed by atoms with Gasteiger partial charge in [0.2, 0.25) is 0 Å². The summed E-state index contributed by atoms with van der Waals surface area (Å²) < 4.78 is 2.18. The molecule has 1 saturated heterocycles. The predicted octanol–water partition coefficient (Wildman–Crippen LogP) is 3.60. The van der Waals surface area contributed by atoms with Crippen LogP contribution in [0.5, 0.6) is 0 Å². The molecule has 0 aromatic carbocycles. The van der Waals surface area contributed by atoms with E-state index in [4.69, 9.17) is 0 Å². The Morgan fingerprint density at radius 1 is 1.32 bits per heavy atom. The van der Waals surface area contributed by atoms with Crippen LogP contribution in [0.1, 0.15) is 50.9 Å². The van der Waals surface area contributed by atoms with Gasteiger partial charge in [-0.1, -0.05) is 35.7 Å². The molecule has 1 aromatic rings. The highest BCUT2D eigenvalue weighted by Crippen LogP contribution is 2.21. The van der Waals surface area contributed by atoms with Crippen molar-refractivity contribution in [3.63, 3.8) is 0 Å². The smallest absolute Gasteiger partial charge is 0.0625 e. The third kappa shape index (κ3) is 3.82. The maximum Gasteiger partial charge on any atom is 0.0625 e. The van der Waals surface area contributed by atoms with E-state index in [-0.39, 0.29) is 0 Å². The number of likely N-dealkylation sites (tertiary alicyclic amines) is 1. The molecule has 0 saturated carbocycles. The van der Waals surface area contributed by atoms with Crippen LogP contribution in [-0.2, 0) is 19.5 Å². The molecule has 0 spiro atoms. The standard InChI is InChI=1S/C15H26BrN3/c1-3-13-10-15(19(4-2)17-13)12-18-9-7-5-6-8-14(18)11-16/h10,14H,3-9,11-12H2,1-2H3. The Morgan fingerprint density at radius 3 is 2.84 bits per heavy atom. The normalized spacial score (nSPS) is 21.5. The highest BCUT2D eigenvalue weighted by Gasteiger charge is 2.21. The van der Waals surface area contributed by atoms with E-state index in [9.17, 15) is 0 Å². The molecular weight excluding hydrogens is 302 g/mol. The first-order valence-electron chi connectivity index (χ1n) is 7.64. The average molecular weight is 328 g/mol. The van der Waals surface area contributed by atoms with Gasteiger partial charge in [-0.2, -0.15) is 5.10 Å². The average Bonchev–Trinajstić information content (AvgIpc) is 2.69. The van der Waals surface area contributed by atoms with Crippen molar-refractivity contribution < 1.29 is 0 Å². The number of hydrogen-bond acceptors (Lipinski definition) is 2. The van der Waals surface area contributed by atoms with Gasteiger partial charge in [0.05, 0.1) is 11.4 Å². The quantitative estimate of drug-likeness (QED) is 0.770. The summed E-state index contributed by atoms with van der Waals surface area (Å²) in [4.78, 5) is 2.64. The summed E-state index contributed by atoms with van der Waals surface area (Å²) in [6, 6.07) is 2.98. The monoisotopic (exact) mass is 327 g/mol. The zero-order valence-corrected chi connectivity index (χ0v) is 13.8. The van der Waals surface area contributed by atoms with Crippen molar-refractivity contribution in [2.45, 2.75) is 65.1 Å². The molecule has 0 N–H and O–H groups in total. The summed E-state index contributed by atoms with van der Waals surface area (Å²) >= 11 is 3.69. The van der Waals surface area contributed by atoms with Crippen molar-refractivity contribution in [1.82, 2.24) is 14.7 Å². The van der Waals surface area contributed by atoms with Gasteiger partial charge >= 0.3 is 0 Å². The number of halogens is 1. The van der Waals surface area contributed by atoms with E-state index < -0.39 is 0 Å². The van der Waals surface area contributed by atoms with Gasteiger partial charge < -0.3 is 0 Å². The molecule has 19 heavy (non-hydrogen) atoms. The maximum absolute atomic E-state index is 4.67. The van der Waals surface area contributed by atoms with Crippen LogP contribution in [0.25, 0.3) is 0 Å². The highest BCUT2D eigenvalue weighted by atomic mass is 79.9. The summed E-state index contributed by atoms with van der Waals surface area (Å²) in [6.45, 7) is 7.62. The van der Waals surface area contributed by atoms with Gasteiger partial charge in [0.25, 0.3) is 0 Å². The molecule has 2 rings (SSSR count).